The minimum Gasteiger partial charge on any atom is -0.326 e. The summed E-state index contributed by atoms with van der Waals surface area (Å²) in [7, 11) is -0.346. The maximum Gasteiger partial charge on any atom is 0.158 e. The summed E-state index contributed by atoms with van der Waals surface area (Å²) >= 11 is 0. The topological polar surface area (TPSA) is 30.2 Å². The Bertz CT molecular complexity index is 1390. The van der Waals surface area contributed by atoms with Gasteiger partial charge >= 0.3 is 0 Å². The number of fused-ring (bicyclic) bond motifs is 1. The summed E-state index contributed by atoms with van der Waals surface area (Å²) in [6.45, 7) is 4.29. The van der Waals surface area contributed by atoms with Crippen LogP contribution >= 0.6 is 7.05 Å². The molecule has 0 atom stereocenters. The van der Waals surface area contributed by atoms with Crippen molar-refractivity contribution in [2.45, 2.75) is 13.8 Å². The van der Waals surface area contributed by atoms with Gasteiger partial charge in [-0.2, -0.15) is 0 Å². The molecule has 3 nitrogen and oxygen atoms in total. The number of para-hydroxylation sites is 2. The largest absolute Gasteiger partial charge is 0.326 e. The summed E-state index contributed by atoms with van der Waals surface area (Å²) in [6.07, 6.45) is 0. The fourth-order valence-corrected chi connectivity index (χ4v) is 8.06. The van der Waals surface area contributed by atoms with E-state index in [4.69, 9.17) is 9.73 Å². The molecule has 0 saturated heterocycles. The highest BCUT2D eigenvalue weighted by Crippen LogP contribution is 2.50. The molecule has 4 aromatic carbocycles. The van der Waals surface area contributed by atoms with Crippen LogP contribution in [0.1, 0.15) is 11.1 Å². The molecule has 0 unspecified atom stereocenters. The van der Waals surface area contributed by atoms with Gasteiger partial charge in [0, 0.05) is 17.7 Å². The fraction of sp³-hybridized carbons (Fsp3) is 0.107. The Hall–Kier alpha value is -3.42. The highest BCUT2D eigenvalue weighted by Gasteiger charge is 2.33. The molecule has 1 aromatic heterocycles. The first-order chi connectivity index (χ1) is 15.6. The Balaban J connectivity index is 2.01. The van der Waals surface area contributed by atoms with E-state index in [1.54, 1.807) is 0 Å². The highest BCUT2D eigenvalue weighted by atomic mass is 31.2. The van der Waals surface area contributed by atoms with E-state index in [0.29, 0.717) is 0 Å². The number of benzene rings is 4. The number of rotatable bonds is 4. The molecule has 32 heavy (non-hydrogen) atoms. The monoisotopic (exact) mass is 435 g/mol. The Morgan fingerprint density at radius 2 is 1.19 bits per heavy atom. The van der Waals surface area contributed by atoms with Gasteiger partial charge < -0.3 is 4.57 Å². The van der Waals surface area contributed by atoms with Gasteiger partial charge in [0.25, 0.3) is 0 Å². The zero-order chi connectivity index (χ0) is 22.1. The van der Waals surface area contributed by atoms with Crippen LogP contribution in [0.2, 0.25) is 0 Å². The summed E-state index contributed by atoms with van der Waals surface area (Å²) in [4.78, 5) is 5.21. The van der Waals surface area contributed by atoms with Crippen molar-refractivity contribution in [2.75, 3.05) is 0 Å². The number of hydrogen-bond donors (Lipinski definition) is 0. The quantitative estimate of drug-likeness (QED) is 0.319. The van der Waals surface area contributed by atoms with Gasteiger partial charge in [-0.1, -0.05) is 91.0 Å². The first-order valence-electron chi connectivity index (χ1n) is 10.8. The predicted octanol–water partition coefficient (Wildman–Crippen LogP) is 6.00. The molecule has 0 aliphatic heterocycles. The number of nitrogens with zero attached hydrogens (tertiary/aromatic N) is 3. The van der Waals surface area contributed by atoms with Gasteiger partial charge in [-0.15, -0.1) is 0 Å². The van der Waals surface area contributed by atoms with Crippen molar-refractivity contribution in [3.63, 3.8) is 0 Å². The molecule has 0 spiro atoms. The molecule has 0 bridgehead atoms. The van der Waals surface area contributed by atoms with Crippen LogP contribution in [0.25, 0.3) is 11.0 Å². The Labute approximate surface area is 189 Å². The van der Waals surface area contributed by atoms with Gasteiger partial charge in [0.05, 0.1) is 23.8 Å². The molecule has 0 amide bonds. The molecule has 5 rings (SSSR count). The molecular formula is C28H26N3P. The van der Waals surface area contributed by atoms with E-state index in [9.17, 15) is 0 Å². The van der Waals surface area contributed by atoms with E-state index < -0.39 is 7.05 Å². The van der Waals surface area contributed by atoms with Crippen molar-refractivity contribution < 1.29 is 0 Å². The van der Waals surface area contributed by atoms with Crippen LogP contribution in [-0.4, -0.2) is 9.55 Å². The van der Waals surface area contributed by atoms with E-state index in [1.807, 2.05) is 6.07 Å². The van der Waals surface area contributed by atoms with Crippen LogP contribution < -0.4 is 16.2 Å². The van der Waals surface area contributed by atoms with Gasteiger partial charge in [-0.3, -0.25) is 4.74 Å². The third kappa shape index (κ3) is 3.30. The van der Waals surface area contributed by atoms with Gasteiger partial charge in [-0.25, -0.2) is 4.98 Å². The van der Waals surface area contributed by atoms with Crippen molar-refractivity contribution in [3.05, 3.63) is 114 Å². The van der Waals surface area contributed by atoms with Crippen molar-refractivity contribution in [1.29, 1.82) is 0 Å². The van der Waals surface area contributed by atoms with E-state index in [0.717, 1.165) is 22.3 Å². The van der Waals surface area contributed by atoms with Crippen molar-refractivity contribution in [2.24, 2.45) is 11.8 Å². The normalized spacial score (nSPS) is 11.6. The van der Waals surface area contributed by atoms with Crippen LogP contribution in [0.3, 0.4) is 0 Å². The van der Waals surface area contributed by atoms with Crippen LogP contribution in [-0.2, 0) is 7.05 Å². The second kappa shape index (κ2) is 8.26. The first kappa shape index (κ1) is 20.5. The molecule has 0 saturated carbocycles. The summed E-state index contributed by atoms with van der Waals surface area (Å²) < 4.78 is 7.92. The van der Waals surface area contributed by atoms with Gasteiger partial charge in [0.2, 0.25) is 0 Å². The standard InChI is InChI=1S/C28H26N3P/c1-21-13-12-14-22(2)27(21)30-32(23-15-6-4-7-16-23,24-17-8-5-9-18-24)28-29-25-19-10-11-20-26(25)31(28)3/h4-20H,1-3H3. The Kier molecular flexibility index (Phi) is 5.28. The lowest BCUT2D eigenvalue weighted by Crippen LogP contribution is -2.30. The first-order valence-corrected chi connectivity index (χ1v) is 12.6. The number of aromatic nitrogens is 2. The Morgan fingerprint density at radius 1 is 0.656 bits per heavy atom. The average molecular weight is 436 g/mol. The van der Waals surface area contributed by atoms with Crippen molar-refractivity contribution >= 4 is 39.9 Å². The summed E-state index contributed by atoms with van der Waals surface area (Å²) in [5, 5.41) is 2.40. The minimum atomic E-state index is -2.46. The van der Waals surface area contributed by atoms with Gasteiger partial charge in [0.1, 0.15) is 0 Å². The second-order valence-electron chi connectivity index (χ2n) is 8.11. The lowest BCUT2D eigenvalue weighted by molar-refractivity contribution is 0.989. The molecular weight excluding hydrogens is 409 g/mol. The SMILES string of the molecule is Cc1cccc(C)c1N=P(c1ccccc1)(c1ccccc1)c1nc2ccccc2n1C. The average Bonchev–Trinajstić information content (AvgIpc) is 3.17. The van der Waals surface area contributed by atoms with Crippen LogP contribution in [0, 0.1) is 13.8 Å². The van der Waals surface area contributed by atoms with E-state index in [-0.39, 0.29) is 0 Å². The molecule has 1 heterocycles. The lowest BCUT2D eigenvalue weighted by Gasteiger charge is -2.26. The zero-order valence-corrected chi connectivity index (χ0v) is 19.5. The molecule has 5 aromatic rings. The van der Waals surface area contributed by atoms with E-state index in [2.05, 4.69) is 123 Å². The van der Waals surface area contributed by atoms with Crippen molar-refractivity contribution in [1.82, 2.24) is 9.55 Å². The second-order valence-corrected chi connectivity index (χ2v) is 11.0. The predicted molar refractivity (Wildman–Crippen MR) is 137 cm³/mol. The number of hydrogen-bond acceptors (Lipinski definition) is 2. The highest BCUT2D eigenvalue weighted by molar-refractivity contribution is 7.87. The van der Waals surface area contributed by atoms with Crippen LogP contribution in [0.5, 0.6) is 0 Å². The minimum absolute atomic E-state index is 0.998. The zero-order valence-electron chi connectivity index (χ0n) is 18.6. The molecule has 0 aliphatic rings. The van der Waals surface area contributed by atoms with E-state index in [1.165, 1.54) is 21.7 Å². The molecule has 4 heteroatoms. The van der Waals surface area contributed by atoms with Crippen LogP contribution in [0.15, 0.2) is 108 Å². The van der Waals surface area contributed by atoms with Gasteiger partial charge in [0.15, 0.2) is 5.57 Å². The third-order valence-electron chi connectivity index (χ3n) is 6.00. The maximum absolute atomic E-state index is 5.68. The van der Waals surface area contributed by atoms with Crippen molar-refractivity contribution in [3.8, 4) is 0 Å². The maximum atomic E-state index is 5.68. The summed E-state index contributed by atoms with van der Waals surface area (Å²) in [5.74, 6) is 0. The summed E-state index contributed by atoms with van der Waals surface area (Å²) in [6, 6.07) is 36.1. The lowest BCUT2D eigenvalue weighted by atomic mass is 10.1. The van der Waals surface area contributed by atoms with E-state index >= 15 is 0 Å². The molecule has 158 valence electrons. The number of imidazole rings is 1. The third-order valence-corrected chi connectivity index (χ3v) is 9.57. The number of aryl methyl sites for hydroxylation is 3. The summed E-state index contributed by atoms with van der Waals surface area (Å²) in [5.41, 5.74) is 6.55. The molecule has 0 radical (unpaired) electrons. The van der Waals surface area contributed by atoms with Crippen LogP contribution in [0.4, 0.5) is 5.69 Å². The molecule has 0 fully saturated rings. The fourth-order valence-electron chi connectivity index (χ4n) is 4.36. The van der Waals surface area contributed by atoms with Gasteiger partial charge in [-0.05, 0) is 37.1 Å². The smallest absolute Gasteiger partial charge is 0.158 e. The molecule has 0 aliphatic carbocycles. The Morgan fingerprint density at radius 3 is 1.75 bits per heavy atom. The molecule has 0 N–H and O–H groups in total.